The van der Waals surface area contributed by atoms with E-state index in [2.05, 4.69) is 5.32 Å². The summed E-state index contributed by atoms with van der Waals surface area (Å²) in [5.41, 5.74) is 0.221. The third kappa shape index (κ3) is 5.38. The number of aromatic carboxylic acids is 1. The maximum absolute atomic E-state index is 11.0. The topological polar surface area (TPSA) is 58.6 Å². The summed E-state index contributed by atoms with van der Waals surface area (Å²) >= 11 is 0. The molecule has 0 radical (unpaired) electrons. The average Bonchev–Trinajstić information content (AvgIpc) is 3.00. The van der Waals surface area contributed by atoms with E-state index in [1.54, 1.807) is 24.3 Å². The highest BCUT2D eigenvalue weighted by molar-refractivity contribution is 5.90. The summed E-state index contributed by atoms with van der Waals surface area (Å²) in [6, 6.07) is 6.75. The van der Waals surface area contributed by atoms with E-state index in [-0.39, 0.29) is 5.56 Å². The second-order valence-electron chi connectivity index (χ2n) is 5.69. The highest BCUT2D eigenvalue weighted by atomic mass is 16.5. The van der Waals surface area contributed by atoms with Crippen molar-refractivity contribution in [2.45, 2.75) is 38.5 Å². The highest BCUT2D eigenvalue weighted by Crippen LogP contribution is 2.28. The average molecular weight is 291 g/mol. The zero-order chi connectivity index (χ0) is 14.9. The second-order valence-corrected chi connectivity index (χ2v) is 5.69. The molecular formula is C17H25NO3. The molecule has 0 aromatic heterocycles. The number of carboxylic acids is 1. The van der Waals surface area contributed by atoms with E-state index in [0.29, 0.717) is 12.4 Å². The van der Waals surface area contributed by atoms with Crippen LogP contribution in [0.1, 0.15) is 48.9 Å². The molecule has 0 atom stereocenters. The molecule has 21 heavy (non-hydrogen) atoms. The van der Waals surface area contributed by atoms with Gasteiger partial charge in [-0.2, -0.15) is 0 Å². The van der Waals surface area contributed by atoms with Gasteiger partial charge in [-0.25, -0.2) is 4.79 Å². The first-order chi connectivity index (χ1) is 10.3. The Morgan fingerprint density at radius 2 is 2.00 bits per heavy atom. The molecular weight excluding hydrogens is 266 g/mol. The van der Waals surface area contributed by atoms with Crippen molar-refractivity contribution in [1.29, 1.82) is 0 Å². The Labute approximate surface area is 126 Å². The Balaban J connectivity index is 1.56. The van der Waals surface area contributed by atoms with Crippen LogP contribution in [0.15, 0.2) is 24.3 Å². The number of benzene rings is 1. The molecule has 116 valence electrons. The van der Waals surface area contributed by atoms with Gasteiger partial charge >= 0.3 is 5.97 Å². The molecule has 1 aromatic rings. The van der Waals surface area contributed by atoms with E-state index in [4.69, 9.17) is 9.84 Å². The Kier molecular flexibility index (Phi) is 6.54. The lowest BCUT2D eigenvalue weighted by Gasteiger charge is -2.11. The molecule has 0 amide bonds. The zero-order valence-corrected chi connectivity index (χ0v) is 12.5. The molecule has 0 heterocycles. The van der Waals surface area contributed by atoms with Crippen molar-refractivity contribution >= 4 is 5.97 Å². The van der Waals surface area contributed by atoms with Crippen molar-refractivity contribution in [3.63, 3.8) is 0 Å². The van der Waals surface area contributed by atoms with Gasteiger partial charge in [0.25, 0.3) is 0 Å². The minimum Gasteiger partial charge on any atom is -0.491 e. The lowest BCUT2D eigenvalue weighted by molar-refractivity contribution is 0.0692. The molecule has 4 heteroatoms. The van der Waals surface area contributed by atoms with Crippen molar-refractivity contribution in [1.82, 2.24) is 5.32 Å². The Morgan fingerprint density at radius 1 is 1.24 bits per heavy atom. The van der Waals surface area contributed by atoms with Crippen LogP contribution in [-0.2, 0) is 0 Å². The number of hydrogen-bond acceptors (Lipinski definition) is 3. The lowest BCUT2D eigenvalue weighted by Crippen LogP contribution is -2.22. The van der Waals surface area contributed by atoms with Gasteiger partial charge in [0, 0.05) is 6.54 Å². The van der Waals surface area contributed by atoms with Crippen LogP contribution in [0.25, 0.3) is 0 Å². The summed E-state index contributed by atoms with van der Waals surface area (Å²) in [4.78, 5) is 11.0. The Hall–Kier alpha value is -1.55. The van der Waals surface area contributed by atoms with E-state index in [0.717, 1.165) is 19.0 Å². The summed E-state index contributed by atoms with van der Waals surface area (Å²) in [6.07, 6.45) is 8.19. The smallest absolute Gasteiger partial charge is 0.339 e. The van der Waals surface area contributed by atoms with Crippen LogP contribution in [0.3, 0.4) is 0 Å². The van der Waals surface area contributed by atoms with Crippen molar-refractivity contribution in [3.8, 4) is 5.75 Å². The van der Waals surface area contributed by atoms with Gasteiger partial charge in [-0.1, -0.05) is 37.8 Å². The van der Waals surface area contributed by atoms with Gasteiger partial charge < -0.3 is 15.2 Å². The number of carboxylic acid groups (broad SMARTS) is 1. The van der Waals surface area contributed by atoms with Crippen LogP contribution in [0.2, 0.25) is 0 Å². The standard InChI is InChI=1S/C17H25NO3/c19-17(20)15-9-3-4-10-16(15)21-13-12-18-11-5-8-14-6-1-2-7-14/h3-4,9-10,14,18H,1-2,5-8,11-13H2,(H,19,20). The molecule has 1 saturated carbocycles. The van der Waals surface area contributed by atoms with E-state index >= 15 is 0 Å². The minimum atomic E-state index is -0.949. The van der Waals surface area contributed by atoms with E-state index < -0.39 is 5.97 Å². The zero-order valence-electron chi connectivity index (χ0n) is 12.5. The van der Waals surface area contributed by atoms with Gasteiger partial charge in [0.15, 0.2) is 0 Å². The highest BCUT2D eigenvalue weighted by Gasteiger charge is 2.13. The molecule has 0 bridgehead atoms. The molecule has 1 aromatic carbocycles. The van der Waals surface area contributed by atoms with Crippen molar-refractivity contribution in [2.75, 3.05) is 19.7 Å². The molecule has 0 unspecified atom stereocenters. The first-order valence-electron chi connectivity index (χ1n) is 7.93. The number of ether oxygens (including phenoxy) is 1. The lowest BCUT2D eigenvalue weighted by atomic mass is 10.0. The molecule has 0 spiro atoms. The van der Waals surface area contributed by atoms with Crippen molar-refractivity contribution in [3.05, 3.63) is 29.8 Å². The molecule has 1 fully saturated rings. The molecule has 2 N–H and O–H groups in total. The molecule has 0 aliphatic heterocycles. The van der Waals surface area contributed by atoms with Crippen LogP contribution in [0.5, 0.6) is 5.75 Å². The number of rotatable bonds is 9. The predicted octanol–water partition coefficient (Wildman–Crippen LogP) is 3.32. The molecule has 1 aliphatic rings. The van der Waals surface area contributed by atoms with E-state index in [9.17, 15) is 4.79 Å². The second kappa shape index (κ2) is 8.67. The summed E-state index contributed by atoms with van der Waals surface area (Å²) in [7, 11) is 0. The quantitative estimate of drug-likeness (QED) is 0.685. The van der Waals surface area contributed by atoms with Crippen molar-refractivity contribution in [2.24, 2.45) is 5.92 Å². The summed E-state index contributed by atoms with van der Waals surface area (Å²) < 4.78 is 5.54. The number of nitrogens with one attached hydrogen (secondary N) is 1. The van der Waals surface area contributed by atoms with Crippen LogP contribution >= 0.6 is 0 Å². The van der Waals surface area contributed by atoms with Crippen LogP contribution in [0, 0.1) is 5.92 Å². The first kappa shape index (κ1) is 15.8. The molecule has 0 saturated heterocycles. The van der Waals surface area contributed by atoms with Gasteiger partial charge in [-0.15, -0.1) is 0 Å². The monoisotopic (exact) mass is 291 g/mol. The van der Waals surface area contributed by atoms with Gasteiger partial charge in [-0.3, -0.25) is 0 Å². The third-order valence-electron chi connectivity index (χ3n) is 4.09. The van der Waals surface area contributed by atoms with Gasteiger partial charge in [-0.05, 0) is 37.4 Å². The molecule has 4 nitrogen and oxygen atoms in total. The predicted molar refractivity (Wildman–Crippen MR) is 83.0 cm³/mol. The summed E-state index contributed by atoms with van der Waals surface area (Å²) in [5.74, 6) is 0.443. The van der Waals surface area contributed by atoms with Gasteiger partial charge in [0.1, 0.15) is 17.9 Å². The summed E-state index contributed by atoms with van der Waals surface area (Å²) in [6.45, 7) is 2.26. The summed E-state index contributed by atoms with van der Waals surface area (Å²) in [5, 5.41) is 12.4. The third-order valence-corrected chi connectivity index (χ3v) is 4.09. The number of carbonyl (C=O) groups is 1. The fourth-order valence-corrected chi connectivity index (χ4v) is 2.94. The van der Waals surface area contributed by atoms with Crippen molar-refractivity contribution < 1.29 is 14.6 Å². The van der Waals surface area contributed by atoms with Crippen LogP contribution in [0.4, 0.5) is 0 Å². The number of para-hydroxylation sites is 1. The van der Waals surface area contributed by atoms with Crippen LogP contribution in [-0.4, -0.2) is 30.8 Å². The maximum Gasteiger partial charge on any atom is 0.339 e. The SMILES string of the molecule is O=C(O)c1ccccc1OCCNCCCC1CCCC1. The largest absolute Gasteiger partial charge is 0.491 e. The van der Waals surface area contributed by atoms with Gasteiger partial charge in [0.05, 0.1) is 0 Å². The van der Waals surface area contributed by atoms with E-state index in [1.807, 2.05) is 0 Å². The molecule has 1 aliphatic carbocycles. The fraction of sp³-hybridized carbons (Fsp3) is 0.588. The first-order valence-corrected chi connectivity index (χ1v) is 7.93. The normalized spacial score (nSPS) is 15.2. The maximum atomic E-state index is 11.0. The fourth-order valence-electron chi connectivity index (χ4n) is 2.94. The Bertz CT molecular complexity index is 441. The van der Waals surface area contributed by atoms with Gasteiger partial charge in [0.2, 0.25) is 0 Å². The van der Waals surface area contributed by atoms with E-state index in [1.165, 1.54) is 38.5 Å². The minimum absolute atomic E-state index is 0.221. The molecule has 2 rings (SSSR count). The van der Waals surface area contributed by atoms with Crippen LogP contribution < -0.4 is 10.1 Å². The Morgan fingerprint density at radius 3 is 2.76 bits per heavy atom. The number of hydrogen-bond donors (Lipinski definition) is 2.